The van der Waals surface area contributed by atoms with Crippen molar-refractivity contribution in [3.05, 3.63) is 34.1 Å². The van der Waals surface area contributed by atoms with Crippen LogP contribution in [0.25, 0.3) is 0 Å². The van der Waals surface area contributed by atoms with Crippen LogP contribution in [0.2, 0.25) is 0 Å². The molecule has 0 saturated heterocycles. The topological polar surface area (TPSA) is 12.0 Å². The van der Waals surface area contributed by atoms with Crippen molar-refractivity contribution < 1.29 is 4.39 Å². The van der Waals surface area contributed by atoms with Crippen LogP contribution in [0.4, 0.5) is 4.39 Å². The number of benzene rings is 1. The maximum Gasteiger partial charge on any atom is 0.137 e. The molecule has 2 rings (SSSR count). The molecule has 3 heteroatoms. The first-order chi connectivity index (χ1) is 8.40. The van der Waals surface area contributed by atoms with E-state index in [1.165, 1.54) is 25.3 Å². The molecule has 1 aliphatic rings. The van der Waals surface area contributed by atoms with E-state index >= 15 is 0 Å². The van der Waals surface area contributed by atoms with Gasteiger partial charge >= 0.3 is 0 Å². The third-order valence-corrected chi connectivity index (χ3v) is 4.76. The number of hydrogen-bond donors (Lipinski definition) is 1. The Kier molecular flexibility index (Phi) is 4.12. The standard InChI is InChI=1S/C15H21BrFN/c1-10(11-6-7-13(17)12(16)9-11)18-14-5-4-8-15(14,2)3/h6-7,9-10,14,18H,4-5,8H2,1-3H3. The van der Waals surface area contributed by atoms with Gasteiger partial charge in [-0.1, -0.05) is 26.3 Å². The molecule has 1 aromatic carbocycles. The summed E-state index contributed by atoms with van der Waals surface area (Å²) in [6, 6.07) is 6.06. The van der Waals surface area contributed by atoms with E-state index in [0.717, 1.165) is 5.56 Å². The molecule has 1 N–H and O–H groups in total. The van der Waals surface area contributed by atoms with E-state index in [2.05, 4.69) is 42.0 Å². The highest BCUT2D eigenvalue weighted by molar-refractivity contribution is 9.10. The molecule has 0 aliphatic heterocycles. The lowest BCUT2D eigenvalue weighted by molar-refractivity contribution is 0.266. The van der Waals surface area contributed by atoms with Crippen LogP contribution in [-0.2, 0) is 0 Å². The van der Waals surface area contributed by atoms with Gasteiger partial charge in [0.15, 0.2) is 0 Å². The molecule has 0 radical (unpaired) electrons. The Morgan fingerprint density at radius 2 is 2.17 bits per heavy atom. The first kappa shape index (κ1) is 14.0. The third kappa shape index (κ3) is 2.94. The molecule has 1 saturated carbocycles. The Balaban J connectivity index is 2.07. The van der Waals surface area contributed by atoms with Crippen LogP contribution in [0.5, 0.6) is 0 Å². The fraction of sp³-hybridized carbons (Fsp3) is 0.600. The van der Waals surface area contributed by atoms with Crippen molar-refractivity contribution in [1.29, 1.82) is 0 Å². The van der Waals surface area contributed by atoms with E-state index < -0.39 is 0 Å². The van der Waals surface area contributed by atoms with Crippen molar-refractivity contribution in [2.45, 2.75) is 52.1 Å². The zero-order valence-electron chi connectivity index (χ0n) is 11.3. The molecule has 0 amide bonds. The Hall–Kier alpha value is -0.410. The van der Waals surface area contributed by atoms with Crippen molar-refractivity contribution in [3.8, 4) is 0 Å². The second kappa shape index (κ2) is 5.30. The summed E-state index contributed by atoms with van der Waals surface area (Å²) in [7, 11) is 0. The van der Waals surface area contributed by atoms with Crippen molar-refractivity contribution in [2.24, 2.45) is 5.41 Å². The van der Waals surface area contributed by atoms with E-state index in [4.69, 9.17) is 0 Å². The Bertz CT molecular complexity index is 431. The van der Waals surface area contributed by atoms with Crippen molar-refractivity contribution in [2.75, 3.05) is 0 Å². The summed E-state index contributed by atoms with van der Waals surface area (Å²) in [6.45, 7) is 6.80. The van der Waals surface area contributed by atoms with Crippen LogP contribution in [0.3, 0.4) is 0 Å². The fourth-order valence-electron chi connectivity index (χ4n) is 2.82. The lowest BCUT2D eigenvalue weighted by Crippen LogP contribution is -2.39. The molecule has 2 atom stereocenters. The predicted molar refractivity (Wildman–Crippen MR) is 77.1 cm³/mol. The predicted octanol–water partition coefficient (Wildman–Crippen LogP) is 4.82. The Morgan fingerprint density at radius 1 is 1.44 bits per heavy atom. The summed E-state index contributed by atoms with van der Waals surface area (Å²) in [4.78, 5) is 0. The summed E-state index contributed by atoms with van der Waals surface area (Å²) >= 11 is 3.25. The van der Waals surface area contributed by atoms with Gasteiger partial charge in [0.2, 0.25) is 0 Å². The van der Waals surface area contributed by atoms with Gasteiger partial charge in [0.05, 0.1) is 4.47 Å². The zero-order valence-corrected chi connectivity index (χ0v) is 12.8. The third-order valence-electron chi connectivity index (χ3n) is 4.15. The maximum absolute atomic E-state index is 13.2. The van der Waals surface area contributed by atoms with Gasteiger partial charge in [0, 0.05) is 12.1 Å². The van der Waals surface area contributed by atoms with Crippen LogP contribution in [0.15, 0.2) is 22.7 Å². The van der Waals surface area contributed by atoms with E-state index in [1.54, 1.807) is 0 Å². The molecule has 2 unspecified atom stereocenters. The molecular formula is C15H21BrFN. The first-order valence-electron chi connectivity index (χ1n) is 6.61. The van der Waals surface area contributed by atoms with Crippen LogP contribution in [0, 0.1) is 11.2 Å². The second-order valence-corrected chi connectivity index (χ2v) is 6.85. The van der Waals surface area contributed by atoms with Crippen LogP contribution >= 0.6 is 15.9 Å². The maximum atomic E-state index is 13.2. The first-order valence-corrected chi connectivity index (χ1v) is 7.40. The lowest BCUT2D eigenvalue weighted by atomic mass is 9.86. The van der Waals surface area contributed by atoms with E-state index in [0.29, 0.717) is 15.9 Å². The van der Waals surface area contributed by atoms with Gasteiger partial charge < -0.3 is 5.32 Å². The monoisotopic (exact) mass is 313 g/mol. The van der Waals surface area contributed by atoms with Crippen LogP contribution in [0.1, 0.15) is 51.6 Å². The van der Waals surface area contributed by atoms with Gasteiger partial charge in [-0.25, -0.2) is 4.39 Å². The summed E-state index contributed by atoms with van der Waals surface area (Å²) < 4.78 is 13.8. The Labute approximate surface area is 117 Å². The molecular weight excluding hydrogens is 293 g/mol. The fourth-order valence-corrected chi connectivity index (χ4v) is 3.21. The number of rotatable bonds is 3. The summed E-state index contributed by atoms with van der Waals surface area (Å²) in [5.41, 5.74) is 1.50. The summed E-state index contributed by atoms with van der Waals surface area (Å²) in [5.74, 6) is -0.202. The summed E-state index contributed by atoms with van der Waals surface area (Å²) in [6.07, 6.45) is 3.81. The average Bonchev–Trinajstić information content (AvgIpc) is 2.62. The zero-order chi connectivity index (χ0) is 13.3. The van der Waals surface area contributed by atoms with E-state index in [9.17, 15) is 4.39 Å². The molecule has 1 fully saturated rings. The van der Waals surface area contributed by atoms with Gasteiger partial charge in [-0.05, 0) is 58.8 Å². The molecule has 1 nitrogen and oxygen atoms in total. The molecule has 0 aromatic heterocycles. The quantitative estimate of drug-likeness (QED) is 0.843. The lowest BCUT2D eigenvalue weighted by Gasteiger charge is -2.31. The molecule has 1 aliphatic carbocycles. The summed E-state index contributed by atoms with van der Waals surface area (Å²) in [5, 5.41) is 3.69. The Morgan fingerprint density at radius 3 is 2.72 bits per heavy atom. The molecule has 0 heterocycles. The van der Waals surface area contributed by atoms with Gasteiger partial charge in [0.25, 0.3) is 0 Å². The SMILES string of the molecule is CC(NC1CCCC1(C)C)c1ccc(F)c(Br)c1. The average molecular weight is 314 g/mol. The molecule has 0 spiro atoms. The largest absolute Gasteiger partial charge is 0.307 e. The number of halogens is 2. The van der Waals surface area contributed by atoms with Crippen molar-refractivity contribution >= 4 is 15.9 Å². The van der Waals surface area contributed by atoms with Gasteiger partial charge in [0.1, 0.15) is 5.82 Å². The number of nitrogens with one attached hydrogen (secondary N) is 1. The minimum absolute atomic E-state index is 0.202. The van der Waals surface area contributed by atoms with Crippen LogP contribution in [-0.4, -0.2) is 6.04 Å². The highest BCUT2D eigenvalue weighted by Gasteiger charge is 2.34. The van der Waals surface area contributed by atoms with Crippen molar-refractivity contribution in [1.82, 2.24) is 5.32 Å². The van der Waals surface area contributed by atoms with Gasteiger partial charge in [-0.3, -0.25) is 0 Å². The number of hydrogen-bond acceptors (Lipinski definition) is 1. The molecule has 18 heavy (non-hydrogen) atoms. The molecule has 100 valence electrons. The molecule has 1 aromatic rings. The van der Waals surface area contributed by atoms with Gasteiger partial charge in [-0.2, -0.15) is 0 Å². The minimum Gasteiger partial charge on any atom is -0.307 e. The van der Waals surface area contributed by atoms with E-state index in [1.807, 2.05) is 12.1 Å². The minimum atomic E-state index is -0.202. The van der Waals surface area contributed by atoms with Gasteiger partial charge in [-0.15, -0.1) is 0 Å². The highest BCUT2D eigenvalue weighted by atomic mass is 79.9. The van der Waals surface area contributed by atoms with E-state index in [-0.39, 0.29) is 11.9 Å². The van der Waals surface area contributed by atoms with Crippen molar-refractivity contribution in [3.63, 3.8) is 0 Å². The smallest absolute Gasteiger partial charge is 0.137 e. The normalized spacial score (nSPS) is 24.2. The highest BCUT2D eigenvalue weighted by Crippen LogP contribution is 2.38. The second-order valence-electron chi connectivity index (χ2n) is 6.00. The van der Waals surface area contributed by atoms with Crippen LogP contribution < -0.4 is 5.32 Å². The molecule has 0 bridgehead atoms.